The summed E-state index contributed by atoms with van der Waals surface area (Å²) < 4.78 is 5.15. The first-order valence-electron chi connectivity index (χ1n) is 8.00. The fraction of sp³-hybridized carbons (Fsp3) is 0.222. The molecule has 0 aliphatic rings. The molecule has 0 fully saturated rings. The number of anilines is 1. The van der Waals surface area contributed by atoms with E-state index in [2.05, 4.69) is 10.6 Å². The van der Waals surface area contributed by atoms with Crippen molar-refractivity contribution < 1.29 is 23.9 Å². The zero-order valence-electron chi connectivity index (χ0n) is 14.8. The minimum atomic E-state index is -1.07. The van der Waals surface area contributed by atoms with E-state index in [-0.39, 0.29) is 17.0 Å². The highest BCUT2D eigenvalue weighted by Crippen LogP contribution is 2.23. The van der Waals surface area contributed by atoms with Crippen LogP contribution in [0, 0.1) is 0 Å². The Bertz CT molecular complexity index is 860. The van der Waals surface area contributed by atoms with Crippen molar-refractivity contribution >= 4 is 40.0 Å². The molecule has 3 amide bonds. The van der Waals surface area contributed by atoms with E-state index in [4.69, 9.17) is 10.5 Å². The minimum Gasteiger partial charge on any atom is -0.449 e. The van der Waals surface area contributed by atoms with Gasteiger partial charge in [0, 0.05) is 13.5 Å². The Labute approximate surface area is 159 Å². The van der Waals surface area contributed by atoms with Gasteiger partial charge in [-0.2, -0.15) is 0 Å². The van der Waals surface area contributed by atoms with E-state index in [1.807, 2.05) is 0 Å². The number of hydrogen-bond acceptors (Lipinski definition) is 6. The molecule has 4 N–H and O–H groups in total. The lowest BCUT2D eigenvalue weighted by Crippen LogP contribution is -2.30. The first kappa shape index (κ1) is 20.1. The molecule has 142 valence electrons. The summed E-state index contributed by atoms with van der Waals surface area (Å²) in [6, 6.07) is 7.97. The van der Waals surface area contributed by atoms with E-state index in [1.165, 1.54) is 19.9 Å². The number of carbonyl (C=O) groups excluding carboxylic acids is 4. The third kappa shape index (κ3) is 5.65. The summed E-state index contributed by atoms with van der Waals surface area (Å²) in [4.78, 5) is 46.5. The van der Waals surface area contributed by atoms with Gasteiger partial charge in [-0.15, -0.1) is 11.3 Å². The summed E-state index contributed by atoms with van der Waals surface area (Å²) in [7, 11) is 0. The highest BCUT2D eigenvalue weighted by atomic mass is 32.1. The quantitative estimate of drug-likeness (QED) is 0.621. The molecule has 2 aromatic rings. The van der Waals surface area contributed by atoms with Crippen molar-refractivity contribution in [1.82, 2.24) is 5.32 Å². The standard InChI is InChI=1S/C18H19N3O5S/c1-10(16(24)21-17-14(15(19)23)7-8-27-17)26-18(25)13-5-3-12(4-6-13)9-20-11(2)22/h3-8,10H,9H2,1-2H3,(H2,19,23)(H,20,22)(H,21,24). The number of primary amides is 1. The van der Waals surface area contributed by atoms with E-state index < -0.39 is 23.9 Å². The second-order valence-corrected chi connectivity index (χ2v) is 6.59. The van der Waals surface area contributed by atoms with Crippen LogP contribution in [-0.4, -0.2) is 29.8 Å². The molecule has 0 bridgehead atoms. The Morgan fingerprint density at radius 3 is 2.41 bits per heavy atom. The van der Waals surface area contributed by atoms with Crippen molar-refractivity contribution in [2.45, 2.75) is 26.5 Å². The van der Waals surface area contributed by atoms with Gasteiger partial charge in [0.1, 0.15) is 5.00 Å². The second-order valence-electron chi connectivity index (χ2n) is 5.67. The lowest BCUT2D eigenvalue weighted by atomic mass is 10.1. The van der Waals surface area contributed by atoms with Gasteiger partial charge in [0.2, 0.25) is 5.91 Å². The molecule has 0 spiro atoms. The normalized spacial score (nSPS) is 11.3. The molecule has 8 nitrogen and oxygen atoms in total. The average molecular weight is 389 g/mol. The monoisotopic (exact) mass is 389 g/mol. The fourth-order valence-corrected chi connectivity index (χ4v) is 2.88. The Morgan fingerprint density at radius 2 is 1.81 bits per heavy atom. The molecule has 27 heavy (non-hydrogen) atoms. The van der Waals surface area contributed by atoms with Crippen LogP contribution in [0.1, 0.15) is 40.1 Å². The smallest absolute Gasteiger partial charge is 0.338 e. The van der Waals surface area contributed by atoms with Crippen LogP contribution in [0.4, 0.5) is 5.00 Å². The van der Waals surface area contributed by atoms with Crippen LogP contribution in [0.15, 0.2) is 35.7 Å². The molecule has 2 rings (SSSR count). The predicted molar refractivity (Wildman–Crippen MR) is 100 cm³/mol. The highest BCUT2D eigenvalue weighted by molar-refractivity contribution is 7.14. The molecule has 0 aliphatic carbocycles. The summed E-state index contributed by atoms with van der Waals surface area (Å²) in [6.45, 7) is 3.20. The number of benzene rings is 1. The van der Waals surface area contributed by atoms with Gasteiger partial charge < -0.3 is 21.1 Å². The third-order valence-corrected chi connectivity index (χ3v) is 4.38. The molecule has 1 aromatic carbocycles. The summed E-state index contributed by atoms with van der Waals surface area (Å²) in [5.74, 6) is -2.04. The van der Waals surface area contributed by atoms with Gasteiger partial charge in [0.25, 0.3) is 11.8 Å². The molecular formula is C18H19N3O5S. The van der Waals surface area contributed by atoms with Crippen LogP contribution in [0.5, 0.6) is 0 Å². The van der Waals surface area contributed by atoms with E-state index in [9.17, 15) is 19.2 Å². The van der Waals surface area contributed by atoms with Crippen molar-refractivity contribution in [3.8, 4) is 0 Å². The first-order valence-corrected chi connectivity index (χ1v) is 8.88. The van der Waals surface area contributed by atoms with Gasteiger partial charge in [0.15, 0.2) is 6.10 Å². The largest absolute Gasteiger partial charge is 0.449 e. The number of thiophene rings is 1. The highest BCUT2D eigenvalue weighted by Gasteiger charge is 2.21. The number of nitrogens with one attached hydrogen (secondary N) is 2. The molecule has 9 heteroatoms. The molecule has 0 radical (unpaired) electrons. The summed E-state index contributed by atoms with van der Waals surface area (Å²) in [5.41, 5.74) is 6.52. The molecule has 0 saturated heterocycles. The maximum Gasteiger partial charge on any atom is 0.338 e. The molecule has 1 aromatic heterocycles. The number of hydrogen-bond donors (Lipinski definition) is 3. The Kier molecular flexibility index (Phi) is 6.67. The molecular weight excluding hydrogens is 370 g/mol. The molecule has 1 atom stereocenters. The molecule has 0 saturated carbocycles. The van der Waals surface area contributed by atoms with Gasteiger partial charge >= 0.3 is 5.97 Å². The number of carbonyl (C=O) groups is 4. The fourth-order valence-electron chi connectivity index (χ4n) is 2.08. The number of esters is 1. The van der Waals surface area contributed by atoms with Gasteiger partial charge in [-0.25, -0.2) is 4.79 Å². The van der Waals surface area contributed by atoms with Crippen molar-refractivity contribution in [1.29, 1.82) is 0 Å². The van der Waals surface area contributed by atoms with E-state index in [0.29, 0.717) is 11.5 Å². The van der Waals surface area contributed by atoms with E-state index >= 15 is 0 Å². The SMILES string of the molecule is CC(=O)NCc1ccc(C(=O)OC(C)C(=O)Nc2sccc2C(N)=O)cc1. The zero-order chi connectivity index (χ0) is 20.0. The van der Waals surface area contributed by atoms with Crippen LogP contribution in [-0.2, 0) is 20.9 Å². The van der Waals surface area contributed by atoms with E-state index in [1.54, 1.807) is 29.6 Å². The summed E-state index contributed by atoms with van der Waals surface area (Å²) in [5, 5.41) is 7.10. The van der Waals surface area contributed by atoms with Crippen LogP contribution >= 0.6 is 11.3 Å². The van der Waals surface area contributed by atoms with E-state index in [0.717, 1.165) is 16.9 Å². The van der Waals surface area contributed by atoms with Crippen molar-refractivity contribution in [2.24, 2.45) is 5.73 Å². The zero-order valence-corrected chi connectivity index (χ0v) is 15.6. The number of nitrogens with two attached hydrogens (primary N) is 1. The predicted octanol–water partition coefficient (Wildman–Crippen LogP) is 1.67. The Hall–Kier alpha value is -3.20. The Morgan fingerprint density at radius 1 is 1.15 bits per heavy atom. The summed E-state index contributed by atoms with van der Waals surface area (Å²) in [6.07, 6.45) is -1.07. The Balaban J connectivity index is 1.94. The van der Waals surface area contributed by atoms with Crippen molar-refractivity contribution in [3.63, 3.8) is 0 Å². The second kappa shape index (κ2) is 8.95. The van der Waals surface area contributed by atoms with Gasteiger partial charge in [0.05, 0.1) is 11.1 Å². The number of rotatable bonds is 7. The third-order valence-electron chi connectivity index (χ3n) is 3.55. The maximum absolute atomic E-state index is 12.2. The summed E-state index contributed by atoms with van der Waals surface area (Å²) >= 11 is 1.14. The molecule has 1 unspecified atom stereocenters. The van der Waals surface area contributed by atoms with Gasteiger partial charge in [-0.1, -0.05) is 12.1 Å². The van der Waals surface area contributed by atoms with Gasteiger partial charge in [-0.05, 0) is 36.1 Å². The first-order chi connectivity index (χ1) is 12.8. The maximum atomic E-state index is 12.2. The minimum absolute atomic E-state index is 0.149. The number of amides is 3. The van der Waals surface area contributed by atoms with Crippen LogP contribution in [0.25, 0.3) is 0 Å². The van der Waals surface area contributed by atoms with Crippen molar-refractivity contribution in [3.05, 3.63) is 52.4 Å². The van der Waals surface area contributed by atoms with Crippen LogP contribution < -0.4 is 16.4 Å². The van der Waals surface area contributed by atoms with Crippen molar-refractivity contribution in [2.75, 3.05) is 5.32 Å². The topological polar surface area (TPSA) is 128 Å². The number of ether oxygens (including phenoxy) is 1. The average Bonchev–Trinajstić information content (AvgIpc) is 3.08. The molecule has 0 aliphatic heterocycles. The van der Waals surface area contributed by atoms with Gasteiger partial charge in [-0.3, -0.25) is 14.4 Å². The van der Waals surface area contributed by atoms with Crippen LogP contribution in [0.2, 0.25) is 0 Å². The molecule has 1 heterocycles. The lowest BCUT2D eigenvalue weighted by molar-refractivity contribution is -0.123. The lowest BCUT2D eigenvalue weighted by Gasteiger charge is -2.13. The van der Waals surface area contributed by atoms with Crippen LogP contribution in [0.3, 0.4) is 0 Å².